The van der Waals surface area contributed by atoms with Crippen LogP contribution >= 0.6 is 0 Å². The number of Topliss-reactive ketones (excluding diaryl/α,β-unsaturated/α-hetero) is 2. The van der Waals surface area contributed by atoms with Crippen molar-refractivity contribution in [1.29, 1.82) is 0 Å². The molecule has 0 bridgehead atoms. The highest BCUT2D eigenvalue weighted by Crippen LogP contribution is 2.40. The molecule has 4 nitrogen and oxygen atoms in total. The van der Waals surface area contributed by atoms with E-state index in [1.807, 2.05) is 6.07 Å². The van der Waals surface area contributed by atoms with Crippen molar-refractivity contribution in [3.05, 3.63) is 53.4 Å². The van der Waals surface area contributed by atoms with Crippen molar-refractivity contribution in [2.45, 2.75) is 12.3 Å². The van der Waals surface area contributed by atoms with E-state index in [2.05, 4.69) is 5.16 Å². The first-order valence-electron chi connectivity index (χ1n) is 5.25. The van der Waals surface area contributed by atoms with Crippen LogP contribution in [0.3, 0.4) is 0 Å². The summed E-state index contributed by atoms with van der Waals surface area (Å²) >= 11 is 0. The summed E-state index contributed by atoms with van der Waals surface area (Å²) in [6.07, 6.45) is 1.40. The Bertz CT molecular complexity index is 615. The van der Waals surface area contributed by atoms with E-state index >= 15 is 0 Å². The molecule has 0 N–H and O–H groups in total. The maximum absolute atomic E-state index is 12.2. The molecule has 1 unspecified atom stereocenters. The fourth-order valence-corrected chi connectivity index (χ4v) is 2.31. The van der Waals surface area contributed by atoms with Crippen LogP contribution in [0.15, 0.2) is 41.1 Å². The molecule has 2 aromatic rings. The maximum Gasteiger partial charge on any atom is 0.230 e. The van der Waals surface area contributed by atoms with Crippen LogP contribution in [0.25, 0.3) is 0 Å². The van der Waals surface area contributed by atoms with Gasteiger partial charge < -0.3 is 4.52 Å². The second kappa shape index (κ2) is 3.13. The normalized spacial score (nSPS) is 22.9. The average molecular weight is 227 g/mol. The van der Waals surface area contributed by atoms with Crippen LogP contribution in [-0.2, 0) is 10.2 Å². The van der Waals surface area contributed by atoms with Crippen LogP contribution in [0.5, 0.6) is 0 Å². The molecule has 0 amide bonds. The molecular weight excluding hydrogens is 218 g/mol. The highest BCUT2D eigenvalue weighted by Gasteiger charge is 2.50. The largest absolute Gasteiger partial charge is 0.364 e. The van der Waals surface area contributed by atoms with Gasteiger partial charge in [-0.1, -0.05) is 29.4 Å². The summed E-state index contributed by atoms with van der Waals surface area (Å²) in [4.78, 5) is 24.1. The highest BCUT2D eigenvalue weighted by molar-refractivity contribution is 6.50. The lowest BCUT2D eigenvalue weighted by Gasteiger charge is -2.19. The predicted molar refractivity (Wildman–Crippen MR) is 58.7 cm³/mol. The Morgan fingerprint density at radius 2 is 1.94 bits per heavy atom. The van der Waals surface area contributed by atoms with Crippen molar-refractivity contribution in [3.8, 4) is 0 Å². The Morgan fingerprint density at radius 3 is 2.65 bits per heavy atom. The van der Waals surface area contributed by atoms with Gasteiger partial charge in [0, 0.05) is 11.6 Å². The molecular formula is C13H9NO3. The third-order valence-corrected chi connectivity index (χ3v) is 3.32. The van der Waals surface area contributed by atoms with E-state index < -0.39 is 17.0 Å². The number of hydrogen-bond donors (Lipinski definition) is 0. The molecule has 1 aliphatic carbocycles. The predicted octanol–water partition coefficient (Wildman–Crippen LogP) is 1.75. The zero-order chi connectivity index (χ0) is 12.0. The Balaban J connectivity index is 2.32. The lowest BCUT2D eigenvalue weighted by molar-refractivity contribution is -0.118. The topological polar surface area (TPSA) is 60.2 Å². The number of fused-ring (bicyclic) bond motifs is 1. The number of rotatable bonds is 1. The second-order valence-electron chi connectivity index (χ2n) is 4.21. The zero-order valence-corrected chi connectivity index (χ0v) is 9.14. The number of hydrogen-bond acceptors (Lipinski definition) is 4. The molecule has 0 spiro atoms. The molecule has 0 aliphatic heterocycles. The number of nitrogens with zero attached hydrogens (tertiary/aromatic N) is 1. The number of ketones is 2. The van der Waals surface area contributed by atoms with Gasteiger partial charge in [0.05, 0.1) is 0 Å². The van der Waals surface area contributed by atoms with Gasteiger partial charge in [0.2, 0.25) is 11.6 Å². The lowest BCUT2D eigenvalue weighted by Crippen LogP contribution is -2.32. The van der Waals surface area contributed by atoms with Crippen molar-refractivity contribution in [2.75, 3.05) is 0 Å². The van der Waals surface area contributed by atoms with Crippen molar-refractivity contribution in [2.24, 2.45) is 0 Å². The van der Waals surface area contributed by atoms with Gasteiger partial charge in [-0.25, -0.2) is 0 Å². The molecule has 1 atom stereocenters. The SMILES string of the molecule is CC1(c2ccon2)C(=O)C(=O)c2ccccc21. The fourth-order valence-electron chi connectivity index (χ4n) is 2.31. The minimum absolute atomic E-state index is 0.451. The smallest absolute Gasteiger partial charge is 0.230 e. The summed E-state index contributed by atoms with van der Waals surface area (Å²) in [5.74, 6) is -0.904. The first-order valence-corrected chi connectivity index (χ1v) is 5.25. The highest BCUT2D eigenvalue weighted by atomic mass is 16.5. The molecule has 0 radical (unpaired) electrons. The molecule has 0 fully saturated rings. The van der Waals surface area contributed by atoms with E-state index in [0.717, 1.165) is 0 Å². The summed E-state index contributed by atoms with van der Waals surface area (Å²) in [6, 6.07) is 8.63. The van der Waals surface area contributed by atoms with Crippen LogP contribution in [0.2, 0.25) is 0 Å². The summed E-state index contributed by atoms with van der Waals surface area (Å²) in [5, 5.41) is 3.81. The van der Waals surface area contributed by atoms with Gasteiger partial charge in [-0.3, -0.25) is 9.59 Å². The van der Waals surface area contributed by atoms with Gasteiger partial charge in [-0.15, -0.1) is 0 Å². The third-order valence-electron chi connectivity index (χ3n) is 3.32. The van der Waals surface area contributed by atoms with Gasteiger partial charge in [-0.2, -0.15) is 0 Å². The monoisotopic (exact) mass is 227 g/mol. The van der Waals surface area contributed by atoms with Crippen molar-refractivity contribution >= 4 is 11.6 Å². The second-order valence-corrected chi connectivity index (χ2v) is 4.21. The maximum atomic E-state index is 12.2. The summed E-state index contributed by atoms with van der Waals surface area (Å²) < 4.78 is 4.78. The van der Waals surface area contributed by atoms with E-state index in [-0.39, 0.29) is 0 Å². The van der Waals surface area contributed by atoms with Gasteiger partial charge in [-0.05, 0) is 12.5 Å². The van der Waals surface area contributed by atoms with Gasteiger partial charge >= 0.3 is 0 Å². The molecule has 1 aliphatic rings. The van der Waals surface area contributed by atoms with Crippen molar-refractivity contribution in [1.82, 2.24) is 5.16 Å². The number of carbonyl (C=O) groups excluding carboxylic acids is 2. The van der Waals surface area contributed by atoms with Gasteiger partial charge in [0.1, 0.15) is 17.4 Å². The van der Waals surface area contributed by atoms with Gasteiger partial charge in [0.25, 0.3) is 0 Å². The molecule has 17 heavy (non-hydrogen) atoms. The molecule has 84 valence electrons. The quantitative estimate of drug-likeness (QED) is 0.696. The summed E-state index contributed by atoms with van der Waals surface area (Å²) in [7, 11) is 0. The van der Waals surface area contributed by atoms with Crippen LogP contribution in [0, 0.1) is 0 Å². The van der Waals surface area contributed by atoms with E-state index in [1.165, 1.54) is 6.26 Å². The Kier molecular flexibility index (Phi) is 1.84. The molecule has 1 aromatic heterocycles. The Hall–Kier alpha value is -2.23. The Morgan fingerprint density at radius 1 is 1.18 bits per heavy atom. The van der Waals surface area contributed by atoms with Crippen LogP contribution < -0.4 is 0 Å². The molecule has 3 rings (SSSR count). The van der Waals surface area contributed by atoms with Crippen LogP contribution in [0.1, 0.15) is 28.5 Å². The standard InChI is InChI=1S/C13H9NO3/c1-13(10-6-7-17-14-10)9-5-3-2-4-8(9)11(15)12(13)16/h2-7H,1H3. The number of aromatic nitrogens is 1. The lowest BCUT2D eigenvalue weighted by atomic mass is 9.80. The van der Waals surface area contributed by atoms with E-state index in [4.69, 9.17) is 4.52 Å². The van der Waals surface area contributed by atoms with E-state index in [0.29, 0.717) is 16.8 Å². The minimum Gasteiger partial charge on any atom is -0.364 e. The van der Waals surface area contributed by atoms with Crippen molar-refractivity contribution in [3.63, 3.8) is 0 Å². The minimum atomic E-state index is -1.01. The average Bonchev–Trinajstić information content (AvgIpc) is 2.95. The number of benzene rings is 1. The Labute approximate surface area is 97.2 Å². The van der Waals surface area contributed by atoms with E-state index in [9.17, 15) is 9.59 Å². The van der Waals surface area contributed by atoms with Gasteiger partial charge in [0.15, 0.2) is 0 Å². The third kappa shape index (κ3) is 1.09. The zero-order valence-electron chi connectivity index (χ0n) is 9.14. The molecule has 4 heteroatoms. The first-order chi connectivity index (χ1) is 8.15. The van der Waals surface area contributed by atoms with Crippen LogP contribution in [-0.4, -0.2) is 16.7 Å². The molecule has 0 saturated heterocycles. The fraction of sp³-hybridized carbons (Fsp3) is 0.154. The molecule has 1 heterocycles. The molecule has 0 saturated carbocycles. The molecule has 1 aromatic carbocycles. The summed E-state index contributed by atoms with van der Waals surface area (Å²) in [5.41, 5.74) is 0.619. The van der Waals surface area contributed by atoms with Crippen molar-refractivity contribution < 1.29 is 14.1 Å². The summed E-state index contributed by atoms with van der Waals surface area (Å²) in [6.45, 7) is 1.71. The van der Waals surface area contributed by atoms with E-state index in [1.54, 1.807) is 31.2 Å². The number of carbonyl (C=O) groups is 2. The first kappa shape index (κ1) is 9.96. The van der Waals surface area contributed by atoms with Crippen LogP contribution in [0.4, 0.5) is 0 Å².